The highest BCUT2D eigenvalue weighted by atomic mass is 32.2. The highest BCUT2D eigenvalue weighted by Crippen LogP contribution is 2.32. The van der Waals surface area contributed by atoms with Crippen LogP contribution in [0.5, 0.6) is 11.5 Å². The van der Waals surface area contributed by atoms with E-state index in [9.17, 15) is 9.59 Å². The number of fused-ring (bicyclic) bond motifs is 1. The molecule has 2 rings (SSSR count). The maximum absolute atomic E-state index is 11.9. The van der Waals surface area contributed by atoms with Crippen molar-refractivity contribution < 1.29 is 23.8 Å². The summed E-state index contributed by atoms with van der Waals surface area (Å²) in [5.74, 6) is 1.94. The minimum Gasteiger partial charge on any atom is -0.465 e. The van der Waals surface area contributed by atoms with E-state index < -0.39 is 0 Å². The molecule has 0 aromatic heterocycles. The fraction of sp³-hybridized carbons (Fsp3) is 0.385. The van der Waals surface area contributed by atoms with Crippen molar-refractivity contribution >= 4 is 23.5 Å². The summed E-state index contributed by atoms with van der Waals surface area (Å²) in [7, 11) is 0. The SMILES string of the molecule is CC(=O)OCCSCC(=O)c1ccc2c(c1)OCO2. The molecule has 1 aromatic rings. The standard InChI is InChI=1S/C13H14O5S/c1-9(14)16-4-5-19-7-11(15)10-2-3-12-13(6-10)18-8-17-12/h2-3,6H,4-5,7-8H2,1H3. The number of Topliss-reactive ketones (excluding diaryl/α,β-unsaturated/α-hetero) is 1. The zero-order valence-corrected chi connectivity index (χ0v) is 11.3. The third-order valence-electron chi connectivity index (χ3n) is 2.46. The van der Waals surface area contributed by atoms with Gasteiger partial charge in [0.05, 0.1) is 5.75 Å². The Balaban J connectivity index is 1.78. The molecule has 0 unspecified atom stereocenters. The van der Waals surface area contributed by atoms with E-state index in [-0.39, 0.29) is 18.5 Å². The van der Waals surface area contributed by atoms with Gasteiger partial charge in [0.2, 0.25) is 6.79 Å². The maximum atomic E-state index is 11.9. The number of hydrogen-bond donors (Lipinski definition) is 0. The zero-order chi connectivity index (χ0) is 13.7. The number of ketones is 1. The van der Waals surface area contributed by atoms with Crippen LogP contribution in [-0.4, -0.2) is 36.7 Å². The lowest BCUT2D eigenvalue weighted by Gasteiger charge is -2.03. The van der Waals surface area contributed by atoms with Gasteiger partial charge in [-0.15, -0.1) is 0 Å². The first-order chi connectivity index (χ1) is 9.16. The first-order valence-electron chi connectivity index (χ1n) is 5.81. The highest BCUT2D eigenvalue weighted by molar-refractivity contribution is 8.00. The number of hydrogen-bond acceptors (Lipinski definition) is 6. The van der Waals surface area contributed by atoms with Gasteiger partial charge < -0.3 is 14.2 Å². The predicted molar refractivity (Wildman–Crippen MR) is 70.9 cm³/mol. The number of ether oxygens (including phenoxy) is 3. The highest BCUT2D eigenvalue weighted by Gasteiger charge is 2.16. The van der Waals surface area contributed by atoms with Crippen molar-refractivity contribution in [3.63, 3.8) is 0 Å². The third-order valence-corrected chi connectivity index (χ3v) is 3.38. The number of rotatable bonds is 6. The number of benzene rings is 1. The monoisotopic (exact) mass is 282 g/mol. The molecule has 0 saturated carbocycles. The molecule has 0 amide bonds. The molecule has 0 spiro atoms. The van der Waals surface area contributed by atoms with Crippen LogP contribution in [0.4, 0.5) is 0 Å². The van der Waals surface area contributed by atoms with Crippen LogP contribution in [0.25, 0.3) is 0 Å². The first-order valence-corrected chi connectivity index (χ1v) is 6.96. The van der Waals surface area contributed by atoms with Crippen LogP contribution in [0.1, 0.15) is 17.3 Å². The number of esters is 1. The number of carbonyl (C=O) groups excluding carboxylic acids is 2. The molecule has 1 aliphatic heterocycles. The van der Waals surface area contributed by atoms with Gasteiger partial charge in [-0.1, -0.05) is 0 Å². The van der Waals surface area contributed by atoms with Gasteiger partial charge in [0.25, 0.3) is 0 Å². The summed E-state index contributed by atoms with van der Waals surface area (Å²) in [6.45, 7) is 1.89. The van der Waals surface area contributed by atoms with E-state index >= 15 is 0 Å². The molecule has 5 nitrogen and oxygen atoms in total. The van der Waals surface area contributed by atoms with E-state index in [4.69, 9.17) is 14.2 Å². The van der Waals surface area contributed by atoms with Crippen molar-refractivity contribution in [3.05, 3.63) is 23.8 Å². The van der Waals surface area contributed by atoms with Crippen molar-refractivity contribution in [2.24, 2.45) is 0 Å². The molecule has 0 atom stereocenters. The second-order valence-corrected chi connectivity index (χ2v) is 4.99. The molecule has 0 fully saturated rings. The lowest BCUT2D eigenvalue weighted by Crippen LogP contribution is -2.06. The normalized spacial score (nSPS) is 12.3. The van der Waals surface area contributed by atoms with E-state index in [2.05, 4.69) is 0 Å². The van der Waals surface area contributed by atoms with Gasteiger partial charge in [-0.05, 0) is 18.2 Å². The molecule has 1 aromatic carbocycles. The summed E-state index contributed by atoms with van der Waals surface area (Å²) >= 11 is 1.43. The average molecular weight is 282 g/mol. The summed E-state index contributed by atoms with van der Waals surface area (Å²) in [6, 6.07) is 5.15. The summed E-state index contributed by atoms with van der Waals surface area (Å²) in [5, 5.41) is 0. The quantitative estimate of drug-likeness (QED) is 0.451. The Morgan fingerprint density at radius 2 is 2.11 bits per heavy atom. The molecule has 0 saturated heterocycles. The lowest BCUT2D eigenvalue weighted by atomic mass is 10.1. The van der Waals surface area contributed by atoms with Crippen molar-refractivity contribution in [2.45, 2.75) is 6.92 Å². The van der Waals surface area contributed by atoms with Crippen molar-refractivity contribution in [3.8, 4) is 11.5 Å². The zero-order valence-electron chi connectivity index (χ0n) is 10.5. The number of carbonyl (C=O) groups is 2. The van der Waals surface area contributed by atoms with Crippen molar-refractivity contribution in [1.29, 1.82) is 0 Å². The minimum absolute atomic E-state index is 0.0196. The Kier molecular flexibility index (Phi) is 4.68. The van der Waals surface area contributed by atoms with Crippen molar-refractivity contribution in [2.75, 3.05) is 24.9 Å². The van der Waals surface area contributed by atoms with Crippen molar-refractivity contribution in [1.82, 2.24) is 0 Å². The average Bonchev–Trinajstić information content (AvgIpc) is 2.84. The Hall–Kier alpha value is -1.69. The Labute approximate surface area is 115 Å². The molecule has 6 heteroatoms. The fourth-order valence-electron chi connectivity index (χ4n) is 1.56. The van der Waals surface area contributed by atoms with Crippen LogP contribution in [0, 0.1) is 0 Å². The third kappa shape index (κ3) is 3.89. The van der Waals surface area contributed by atoms with Crippen LogP contribution in [0.2, 0.25) is 0 Å². The second kappa shape index (κ2) is 6.47. The molecular weight excluding hydrogens is 268 g/mol. The van der Waals surface area contributed by atoms with Gasteiger partial charge in [0, 0.05) is 18.2 Å². The topological polar surface area (TPSA) is 61.8 Å². The largest absolute Gasteiger partial charge is 0.465 e. The summed E-state index contributed by atoms with van der Waals surface area (Å²) in [6.07, 6.45) is 0. The second-order valence-electron chi connectivity index (χ2n) is 3.88. The van der Waals surface area contributed by atoms with Gasteiger partial charge >= 0.3 is 5.97 Å². The molecule has 0 aliphatic carbocycles. The summed E-state index contributed by atoms with van der Waals surface area (Å²) in [5.41, 5.74) is 0.601. The molecule has 1 heterocycles. The summed E-state index contributed by atoms with van der Waals surface area (Å²) in [4.78, 5) is 22.5. The Morgan fingerprint density at radius 1 is 1.32 bits per heavy atom. The van der Waals surface area contributed by atoms with Gasteiger partial charge in [-0.2, -0.15) is 11.8 Å². The van der Waals surface area contributed by atoms with Gasteiger partial charge in [0.1, 0.15) is 6.61 Å². The van der Waals surface area contributed by atoms with Crippen LogP contribution in [0.3, 0.4) is 0 Å². The molecular formula is C13H14O5S. The van der Waals surface area contributed by atoms with E-state index in [1.165, 1.54) is 18.7 Å². The van der Waals surface area contributed by atoms with E-state index in [0.717, 1.165) is 0 Å². The molecule has 102 valence electrons. The molecule has 0 radical (unpaired) electrons. The van der Waals surface area contributed by atoms with E-state index in [1.807, 2.05) is 0 Å². The molecule has 0 N–H and O–H groups in total. The van der Waals surface area contributed by atoms with Gasteiger partial charge in [0.15, 0.2) is 17.3 Å². The fourth-order valence-corrected chi connectivity index (χ4v) is 2.26. The predicted octanol–water partition coefficient (Wildman–Crippen LogP) is 1.89. The van der Waals surface area contributed by atoms with Crippen LogP contribution in [-0.2, 0) is 9.53 Å². The van der Waals surface area contributed by atoms with Crippen LogP contribution < -0.4 is 9.47 Å². The van der Waals surface area contributed by atoms with E-state index in [0.29, 0.717) is 35.2 Å². The first kappa shape index (κ1) is 13.7. The number of thioether (sulfide) groups is 1. The van der Waals surface area contributed by atoms with Gasteiger partial charge in [-0.25, -0.2) is 0 Å². The Bertz CT molecular complexity index is 486. The van der Waals surface area contributed by atoms with Crippen LogP contribution in [0.15, 0.2) is 18.2 Å². The molecule has 19 heavy (non-hydrogen) atoms. The molecule has 1 aliphatic rings. The Morgan fingerprint density at radius 3 is 2.89 bits per heavy atom. The van der Waals surface area contributed by atoms with Gasteiger partial charge in [-0.3, -0.25) is 9.59 Å². The maximum Gasteiger partial charge on any atom is 0.302 e. The minimum atomic E-state index is -0.303. The smallest absolute Gasteiger partial charge is 0.302 e. The molecule has 0 bridgehead atoms. The lowest BCUT2D eigenvalue weighted by molar-refractivity contribution is -0.140. The van der Waals surface area contributed by atoms with E-state index in [1.54, 1.807) is 18.2 Å². The summed E-state index contributed by atoms with van der Waals surface area (Å²) < 4.78 is 15.2. The van der Waals surface area contributed by atoms with Crippen LogP contribution >= 0.6 is 11.8 Å².